The second kappa shape index (κ2) is 7.93. The number of para-hydroxylation sites is 1. The van der Waals surface area contributed by atoms with Crippen molar-refractivity contribution in [1.82, 2.24) is 0 Å². The molecule has 0 bridgehead atoms. The van der Waals surface area contributed by atoms with Gasteiger partial charge in [-0.25, -0.2) is 0 Å². The molecule has 0 saturated heterocycles. The van der Waals surface area contributed by atoms with Gasteiger partial charge in [0, 0.05) is 5.56 Å². The van der Waals surface area contributed by atoms with Crippen LogP contribution in [0.2, 0.25) is 0 Å². The van der Waals surface area contributed by atoms with E-state index < -0.39 is 0 Å². The lowest BCUT2D eigenvalue weighted by molar-refractivity contribution is -0.116. The quantitative estimate of drug-likeness (QED) is 0.593. The van der Waals surface area contributed by atoms with Crippen molar-refractivity contribution in [2.75, 3.05) is 17.3 Å². The van der Waals surface area contributed by atoms with Crippen LogP contribution >= 0.6 is 11.6 Å². The normalized spacial score (nSPS) is 10.4. The highest BCUT2D eigenvalue weighted by atomic mass is 35.5. The highest BCUT2D eigenvalue weighted by Crippen LogP contribution is 2.26. The molecule has 0 radical (unpaired) electrons. The van der Waals surface area contributed by atoms with Gasteiger partial charge in [-0.3, -0.25) is 9.59 Å². The summed E-state index contributed by atoms with van der Waals surface area (Å²) in [6, 6.07) is 14.9. The largest absolute Gasteiger partial charge is 0.303 e. The van der Waals surface area contributed by atoms with E-state index in [9.17, 15) is 9.59 Å². The molecule has 0 spiro atoms. The number of carbonyl (C=O) groups excluding carboxylic acids is 2. The second-order valence-electron chi connectivity index (χ2n) is 5.34. The fourth-order valence-corrected chi connectivity index (χ4v) is 2.76. The standard InChI is InChI=1S/C19H20ClNO2/c1-3-15-11-7-8-14(2)19(15)21(18(23)12-20)13-17(22)16-9-5-4-6-10-16/h4-11H,3,12-13H2,1-2H3. The smallest absolute Gasteiger partial charge is 0.242 e. The monoisotopic (exact) mass is 329 g/mol. The van der Waals surface area contributed by atoms with Crippen LogP contribution in [0, 0.1) is 6.92 Å². The molecule has 0 atom stereocenters. The Balaban J connectivity index is 2.39. The van der Waals surface area contributed by atoms with Crippen LogP contribution in [0.5, 0.6) is 0 Å². The number of alkyl halides is 1. The number of ketones is 1. The number of nitrogens with zero attached hydrogens (tertiary/aromatic N) is 1. The number of benzene rings is 2. The molecule has 0 fully saturated rings. The van der Waals surface area contributed by atoms with E-state index in [0.717, 1.165) is 23.2 Å². The molecule has 1 amide bonds. The molecule has 120 valence electrons. The molecular weight excluding hydrogens is 310 g/mol. The first-order valence-corrected chi connectivity index (χ1v) is 8.15. The lowest BCUT2D eigenvalue weighted by atomic mass is 10.0. The molecule has 3 nitrogen and oxygen atoms in total. The van der Waals surface area contributed by atoms with E-state index in [-0.39, 0.29) is 24.1 Å². The van der Waals surface area contributed by atoms with Gasteiger partial charge in [0.15, 0.2) is 5.78 Å². The number of aryl methyl sites for hydroxylation is 2. The lowest BCUT2D eigenvalue weighted by Crippen LogP contribution is -2.37. The van der Waals surface area contributed by atoms with Gasteiger partial charge in [-0.05, 0) is 24.5 Å². The van der Waals surface area contributed by atoms with E-state index in [1.165, 1.54) is 4.90 Å². The average Bonchev–Trinajstić information content (AvgIpc) is 2.59. The number of anilines is 1. The summed E-state index contributed by atoms with van der Waals surface area (Å²) in [5.74, 6) is -0.520. The molecule has 23 heavy (non-hydrogen) atoms. The molecule has 0 aromatic heterocycles. The fourth-order valence-electron chi connectivity index (χ4n) is 2.61. The van der Waals surface area contributed by atoms with Gasteiger partial charge in [-0.1, -0.05) is 55.5 Å². The zero-order chi connectivity index (χ0) is 16.8. The molecule has 0 aliphatic rings. The molecule has 2 aromatic carbocycles. The van der Waals surface area contributed by atoms with Gasteiger partial charge in [0.1, 0.15) is 5.88 Å². The third kappa shape index (κ3) is 3.99. The maximum absolute atomic E-state index is 12.5. The summed E-state index contributed by atoms with van der Waals surface area (Å²) in [7, 11) is 0. The molecule has 4 heteroatoms. The van der Waals surface area contributed by atoms with Crippen molar-refractivity contribution < 1.29 is 9.59 Å². The van der Waals surface area contributed by atoms with Crippen molar-refractivity contribution in [3.63, 3.8) is 0 Å². The summed E-state index contributed by atoms with van der Waals surface area (Å²) < 4.78 is 0. The molecular formula is C19H20ClNO2. The van der Waals surface area contributed by atoms with Gasteiger partial charge in [0.05, 0.1) is 12.2 Å². The molecule has 0 aliphatic heterocycles. The van der Waals surface area contributed by atoms with Crippen LogP contribution in [0.3, 0.4) is 0 Å². The van der Waals surface area contributed by atoms with Crippen molar-refractivity contribution in [3.05, 3.63) is 65.2 Å². The van der Waals surface area contributed by atoms with Crippen LogP contribution in [0.25, 0.3) is 0 Å². The summed E-state index contributed by atoms with van der Waals surface area (Å²) in [5, 5.41) is 0. The van der Waals surface area contributed by atoms with Crippen molar-refractivity contribution in [3.8, 4) is 0 Å². The van der Waals surface area contributed by atoms with Crippen molar-refractivity contribution in [1.29, 1.82) is 0 Å². The number of rotatable bonds is 6. The van der Waals surface area contributed by atoms with E-state index in [0.29, 0.717) is 5.56 Å². The van der Waals surface area contributed by atoms with Crippen LogP contribution in [-0.4, -0.2) is 24.1 Å². The SMILES string of the molecule is CCc1cccc(C)c1N(CC(=O)c1ccccc1)C(=O)CCl. The highest BCUT2D eigenvalue weighted by Gasteiger charge is 2.22. The molecule has 0 saturated carbocycles. The van der Waals surface area contributed by atoms with E-state index in [1.807, 2.05) is 50.2 Å². The van der Waals surface area contributed by atoms with E-state index in [4.69, 9.17) is 11.6 Å². The highest BCUT2D eigenvalue weighted by molar-refractivity contribution is 6.30. The Bertz CT molecular complexity index is 698. The van der Waals surface area contributed by atoms with Gasteiger partial charge in [0.2, 0.25) is 5.91 Å². The number of hydrogen-bond acceptors (Lipinski definition) is 2. The summed E-state index contributed by atoms with van der Waals surface area (Å²) in [4.78, 5) is 26.4. The summed E-state index contributed by atoms with van der Waals surface area (Å²) in [6.07, 6.45) is 0.780. The lowest BCUT2D eigenvalue weighted by Gasteiger charge is -2.25. The predicted octanol–water partition coefficient (Wildman–Crippen LogP) is 4.01. The summed E-state index contributed by atoms with van der Waals surface area (Å²) in [5.41, 5.74) is 3.38. The number of halogens is 1. The third-order valence-electron chi connectivity index (χ3n) is 3.78. The minimum absolute atomic E-state index is 0.00653. The van der Waals surface area contributed by atoms with Crippen molar-refractivity contribution in [2.45, 2.75) is 20.3 Å². The van der Waals surface area contributed by atoms with E-state index in [2.05, 4.69) is 0 Å². The van der Waals surface area contributed by atoms with E-state index in [1.54, 1.807) is 12.1 Å². The zero-order valence-corrected chi connectivity index (χ0v) is 14.1. The third-order valence-corrected chi connectivity index (χ3v) is 4.01. The second-order valence-corrected chi connectivity index (χ2v) is 5.61. The van der Waals surface area contributed by atoms with Crippen LogP contribution in [0.15, 0.2) is 48.5 Å². The Morgan fingerprint density at radius 3 is 2.35 bits per heavy atom. The topological polar surface area (TPSA) is 37.4 Å². The summed E-state index contributed by atoms with van der Waals surface area (Å²) in [6.45, 7) is 3.96. The fraction of sp³-hybridized carbons (Fsp3) is 0.263. The maximum atomic E-state index is 12.5. The Kier molecular flexibility index (Phi) is 5.94. The van der Waals surface area contributed by atoms with Crippen LogP contribution in [0.4, 0.5) is 5.69 Å². The molecule has 2 aromatic rings. The average molecular weight is 330 g/mol. The van der Waals surface area contributed by atoms with Crippen LogP contribution < -0.4 is 4.90 Å². The van der Waals surface area contributed by atoms with Crippen molar-refractivity contribution >= 4 is 29.0 Å². The predicted molar refractivity (Wildman–Crippen MR) is 94.4 cm³/mol. The number of hydrogen-bond donors (Lipinski definition) is 0. The maximum Gasteiger partial charge on any atom is 0.242 e. The van der Waals surface area contributed by atoms with Gasteiger partial charge in [-0.15, -0.1) is 11.6 Å². The van der Waals surface area contributed by atoms with Gasteiger partial charge in [0.25, 0.3) is 0 Å². The Morgan fingerprint density at radius 1 is 1.04 bits per heavy atom. The first-order chi connectivity index (χ1) is 11.1. The first kappa shape index (κ1) is 17.2. The molecule has 0 aliphatic carbocycles. The Morgan fingerprint density at radius 2 is 1.74 bits per heavy atom. The van der Waals surface area contributed by atoms with Gasteiger partial charge >= 0.3 is 0 Å². The zero-order valence-electron chi connectivity index (χ0n) is 13.4. The Labute approximate surface area is 141 Å². The Hall–Kier alpha value is -2.13. The molecule has 0 heterocycles. The molecule has 0 unspecified atom stereocenters. The number of Topliss-reactive ketones (excluding diaryl/α,β-unsaturated/α-hetero) is 1. The minimum Gasteiger partial charge on any atom is -0.303 e. The summed E-state index contributed by atoms with van der Waals surface area (Å²) >= 11 is 5.77. The number of carbonyl (C=O) groups is 2. The number of amides is 1. The first-order valence-electron chi connectivity index (χ1n) is 7.61. The minimum atomic E-state index is -0.264. The molecule has 0 N–H and O–H groups in total. The van der Waals surface area contributed by atoms with Crippen LogP contribution in [-0.2, 0) is 11.2 Å². The van der Waals surface area contributed by atoms with Crippen LogP contribution in [0.1, 0.15) is 28.4 Å². The van der Waals surface area contributed by atoms with Gasteiger partial charge in [-0.2, -0.15) is 0 Å². The molecule has 2 rings (SSSR count). The van der Waals surface area contributed by atoms with Crippen molar-refractivity contribution in [2.24, 2.45) is 0 Å². The van der Waals surface area contributed by atoms with Gasteiger partial charge < -0.3 is 4.90 Å². The van der Waals surface area contributed by atoms with E-state index >= 15 is 0 Å².